The van der Waals surface area contributed by atoms with E-state index in [0.717, 1.165) is 17.6 Å². The summed E-state index contributed by atoms with van der Waals surface area (Å²) in [6.07, 6.45) is 1.53. The molecular formula is C14H22O3Si. The normalized spacial score (nSPS) is 12.3. The molecule has 0 unspecified atom stereocenters. The summed E-state index contributed by atoms with van der Waals surface area (Å²) >= 11 is 0. The molecule has 0 spiro atoms. The molecule has 1 aromatic rings. The Bertz CT molecular complexity index is 433. The van der Waals surface area contributed by atoms with Gasteiger partial charge >= 0.3 is 0 Å². The minimum atomic E-state index is -2.27. The van der Waals surface area contributed by atoms with Gasteiger partial charge in [-0.15, -0.1) is 0 Å². The lowest BCUT2D eigenvalue weighted by Gasteiger charge is -2.35. The molecule has 0 saturated carbocycles. The van der Waals surface area contributed by atoms with E-state index in [4.69, 9.17) is 4.74 Å². The predicted molar refractivity (Wildman–Crippen MR) is 75.8 cm³/mol. The zero-order valence-electron chi connectivity index (χ0n) is 11.8. The van der Waals surface area contributed by atoms with E-state index in [-0.39, 0.29) is 5.04 Å². The topological polar surface area (TPSA) is 46.5 Å². The van der Waals surface area contributed by atoms with Gasteiger partial charge in [0.25, 0.3) is 0 Å². The molecule has 0 aliphatic carbocycles. The van der Waals surface area contributed by atoms with Gasteiger partial charge in [-0.1, -0.05) is 13.8 Å². The van der Waals surface area contributed by atoms with E-state index in [9.17, 15) is 9.59 Å². The number of benzene rings is 1. The van der Waals surface area contributed by atoms with Crippen LogP contribution in [-0.4, -0.2) is 26.5 Å². The Morgan fingerprint density at radius 2 is 2.00 bits per heavy atom. The smallest absolute Gasteiger partial charge is 0.188 e. The van der Waals surface area contributed by atoms with Crippen LogP contribution in [0, 0.1) is 0 Å². The fourth-order valence-electron chi connectivity index (χ4n) is 1.70. The quantitative estimate of drug-likeness (QED) is 0.658. The molecule has 0 atom stereocenters. The summed E-state index contributed by atoms with van der Waals surface area (Å²) in [5, 5.41) is -0.179. The number of ether oxygens (including phenoxy) is 1. The highest BCUT2D eigenvalue weighted by molar-refractivity contribution is 6.72. The summed E-state index contributed by atoms with van der Waals surface area (Å²) < 4.78 is 5.32. The maximum atomic E-state index is 10.8. The second kappa shape index (κ2) is 5.24. The fourth-order valence-corrected chi connectivity index (χ4v) is 2.33. The third kappa shape index (κ3) is 3.20. The summed E-state index contributed by atoms with van der Waals surface area (Å²) in [5.74, 6) is 0.770. The molecule has 4 heteroatoms. The van der Waals surface area contributed by atoms with Crippen molar-refractivity contribution in [3.8, 4) is 5.75 Å². The maximum absolute atomic E-state index is 10.8. The lowest BCUT2D eigenvalue weighted by molar-refractivity contribution is 0.112. The predicted octanol–water partition coefficient (Wildman–Crippen LogP) is 3.03. The molecule has 0 aliphatic rings. The Labute approximate surface area is 110 Å². The fraction of sp³-hybridized carbons (Fsp3) is 0.500. The SMILES string of the molecule is COc1ccc(C=O)cc1CC(C)(C)[Si](C)(C)O. The number of aldehydes is 1. The molecule has 0 bridgehead atoms. The number of carbonyl (C=O) groups excluding carboxylic acids is 1. The average molecular weight is 266 g/mol. The van der Waals surface area contributed by atoms with E-state index in [2.05, 4.69) is 13.8 Å². The zero-order chi connectivity index (χ0) is 14.0. The van der Waals surface area contributed by atoms with Gasteiger partial charge in [0.05, 0.1) is 7.11 Å². The van der Waals surface area contributed by atoms with Crippen molar-refractivity contribution in [3.63, 3.8) is 0 Å². The summed E-state index contributed by atoms with van der Waals surface area (Å²) in [6, 6.07) is 5.39. The number of rotatable bonds is 5. The molecule has 0 aliphatic heterocycles. The van der Waals surface area contributed by atoms with Crippen molar-refractivity contribution < 1.29 is 14.3 Å². The van der Waals surface area contributed by atoms with Crippen molar-refractivity contribution in [2.45, 2.75) is 38.4 Å². The van der Waals surface area contributed by atoms with Gasteiger partial charge in [0.2, 0.25) is 0 Å². The van der Waals surface area contributed by atoms with Gasteiger partial charge < -0.3 is 9.53 Å². The van der Waals surface area contributed by atoms with Crippen molar-refractivity contribution in [2.24, 2.45) is 0 Å². The monoisotopic (exact) mass is 266 g/mol. The van der Waals surface area contributed by atoms with Gasteiger partial charge in [-0.3, -0.25) is 4.79 Å². The largest absolute Gasteiger partial charge is 0.496 e. The van der Waals surface area contributed by atoms with Gasteiger partial charge in [-0.05, 0) is 48.3 Å². The summed E-state index contributed by atoms with van der Waals surface area (Å²) in [7, 11) is -0.656. The molecule has 0 aromatic heterocycles. The van der Waals surface area contributed by atoms with E-state index >= 15 is 0 Å². The lowest BCUT2D eigenvalue weighted by Crippen LogP contribution is -2.40. The zero-order valence-corrected chi connectivity index (χ0v) is 12.8. The highest BCUT2D eigenvalue weighted by Crippen LogP contribution is 2.40. The Hall–Kier alpha value is -1.13. The third-order valence-electron chi connectivity index (χ3n) is 3.73. The van der Waals surface area contributed by atoms with Crippen LogP contribution in [0.3, 0.4) is 0 Å². The minimum Gasteiger partial charge on any atom is -0.496 e. The second-order valence-corrected chi connectivity index (χ2v) is 10.3. The van der Waals surface area contributed by atoms with Crippen LogP contribution in [-0.2, 0) is 6.42 Å². The van der Waals surface area contributed by atoms with Gasteiger partial charge in [0.15, 0.2) is 8.32 Å². The van der Waals surface area contributed by atoms with Gasteiger partial charge in [-0.2, -0.15) is 0 Å². The second-order valence-electron chi connectivity index (χ2n) is 5.81. The van der Waals surface area contributed by atoms with E-state index in [1.54, 1.807) is 19.2 Å². The molecule has 1 rings (SSSR count). The first kappa shape index (κ1) is 14.9. The first-order chi connectivity index (χ1) is 8.21. The molecule has 100 valence electrons. The van der Waals surface area contributed by atoms with Crippen LogP contribution in [0.5, 0.6) is 5.75 Å². The van der Waals surface area contributed by atoms with E-state index in [1.165, 1.54) is 0 Å². The molecule has 0 amide bonds. The number of hydrogen-bond donors (Lipinski definition) is 1. The third-order valence-corrected chi connectivity index (χ3v) is 7.22. The summed E-state index contributed by atoms with van der Waals surface area (Å²) in [6.45, 7) is 7.99. The van der Waals surface area contributed by atoms with E-state index < -0.39 is 8.32 Å². The van der Waals surface area contributed by atoms with Crippen molar-refractivity contribution in [2.75, 3.05) is 7.11 Å². The van der Waals surface area contributed by atoms with Crippen LogP contribution in [0.2, 0.25) is 18.1 Å². The molecule has 1 N–H and O–H groups in total. The molecule has 0 saturated heterocycles. The highest BCUT2D eigenvalue weighted by atomic mass is 28.4. The number of methoxy groups -OCH3 is 1. The maximum Gasteiger partial charge on any atom is 0.188 e. The first-order valence-electron chi connectivity index (χ1n) is 6.06. The molecule has 0 radical (unpaired) electrons. The van der Waals surface area contributed by atoms with Crippen LogP contribution in [0.1, 0.15) is 29.8 Å². The van der Waals surface area contributed by atoms with Crippen LogP contribution in [0.25, 0.3) is 0 Å². The van der Waals surface area contributed by atoms with Crippen LogP contribution < -0.4 is 4.74 Å². The standard InChI is InChI=1S/C14H22O3Si/c1-14(2,18(4,5)16)9-12-8-11(10-15)6-7-13(12)17-3/h6-8,10,16H,9H2,1-5H3. The van der Waals surface area contributed by atoms with E-state index in [0.29, 0.717) is 12.0 Å². The lowest BCUT2D eigenvalue weighted by atomic mass is 9.99. The van der Waals surface area contributed by atoms with Crippen LogP contribution in [0.4, 0.5) is 0 Å². The summed E-state index contributed by atoms with van der Waals surface area (Å²) in [5.41, 5.74) is 1.61. The van der Waals surface area contributed by atoms with Crippen molar-refractivity contribution >= 4 is 14.6 Å². The molecule has 0 heterocycles. The molecular weight excluding hydrogens is 244 g/mol. The van der Waals surface area contributed by atoms with Crippen LogP contribution >= 0.6 is 0 Å². The Morgan fingerprint density at radius 1 is 1.39 bits per heavy atom. The Kier molecular flexibility index (Phi) is 4.35. The Morgan fingerprint density at radius 3 is 2.44 bits per heavy atom. The average Bonchev–Trinajstić information content (AvgIpc) is 2.26. The molecule has 18 heavy (non-hydrogen) atoms. The van der Waals surface area contributed by atoms with Crippen molar-refractivity contribution in [3.05, 3.63) is 29.3 Å². The molecule has 3 nitrogen and oxygen atoms in total. The number of carbonyl (C=O) groups is 1. The van der Waals surface area contributed by atoms with Crippen molar-refractivity contribution in [1.82, 2.24) is 0 Å². The molecule has 0 fully saturated rings. The van der Waals surface area contributed by atoms with Gasteiger partial charge in [0, 0.05) is 5.56 Å². The molecule has 1 aromatic carbocycles. The van der Waals surface area contributed by atoms with Crippen molar-refractivity contribution in [1.29, 1.82) is 0 Å². The minimum absolute atomic E-state index is 0.179. The number of hydrogen-bond acceptors (Lipinski definition) is 3. The van der Waals surface area contributed by atoms with Gasteiger partial charge in [-0.25, -0.2) is 0 Å². The summed E-state index contributed by atoms with van der Waals surface area (Å²) in [4.78, 5) is 21.2. The Balaban J connectivity index is 3.13. The van der Waals surface area contributed by atoms with Gasteiger partial charge in [0.1, 0.15) is 12.0 Å². The van der Waals surface area contributed by atoms with E-state index in [1.807, 2.05) is 19.2 Å². The first-order valence-corrected chi connectivity index (χ1v) is 9.00. The highest BCUT2D eigenvalue weighted by Gasteiger charge is 2.38. The van der Waals surface area contributed by atoms with Crippen LogP contribution in [0.15, 0.2) is 18.2 Å².